The van der Waals surface area contributed by atoms with Gasteiger partial charge in [0.1, 0.15) is 5.75 Å². The summed E-state index contributed by atoms with van der Waals surface area (Å²) in [7, 11) is 1.38. The predicted molar refractivity (Wildman–Crippen MR) is 83.4 cm³/mol. The molecule has 1 saturated carbocycles. The van der Waals surface area contributed by atoms with Gasteiger partial charge in [-0.3, -0.25) is 4.79 Å². The first-order chi connectivity index (χ1) is 10.4. The molecule has 0 radical (unpaired) electrons. The van der Waals surface area contributed by atoms with Crippen molar-refractivity contribution >= 4 is 11.7 Å². The van der Waals surface area contributed by atoms with Crippen LogP contribution >= 0.6 is 0 Å². The van der Waals surface area contributed by atoms with Crippen LogP contribution in [-0.4, -0.2) is 29.1 Å². The number of phenols is 1. The van der Waals surface area contributed by atoms with E-state index in [-0.39, 0.29) is 11.7 Å². The maximum absolute atomic E-state index is 12.0. The van der Waals surface area contributed by atoms with Gasteiger partial charge in [0.15, 0.2) is 0 Å². The highest BCUT2D eigenvalue weighted by Crippen LogP contribution is 2.49. The molecule has 0 saturated heterocycles. The molecule has 120 valence electrons. The molecule has 2 rings (SSSR count). The van der Waals surface area contributed by atoms with Crippen molar-refractivity contribution in [2.45, 2.75) is 44.9 Å². The van der Waals surface area contributed by atoms with Gasteiger partial charge in [-0.05, 0) is 49.3 Å². The minimum absolute atomic E-state index is 0.0565. The highest BCUT2D eigenvalue weighted by atomic mass is 16.5. The fourth-order valence-electron chi connectivity index (χ4n) is 2.66. The van der Waals surface area contributed by atoms with Gasteiger partial charge in [0.05, 0.1) is 18.2 Å². The topological polar surface area (TPSA) is 79.1 Å². The summed E-state index contributed by atoms with van der Waals surface area (Å²) in [6.45, 7) is 4.17. The van der Waals surface area contributed by atoms with Gasteiger partial charge in [0, 0.05) is 5.56 Å². The van der Waals surface area contributed by atoms with Gasteiger partial charge in [-0.1, -0.05) is 25.1 Å². The van der Waals surface area contributed by atoms with Crippen molar-refractivity contribution < 1.29 is 19.8 Å². The van der Waals surface area contributed by atoms with Crippen LogP contribution in [-0.2, 0) is 14.9 Å². The Morgan fingerprint density at radius 1 is 1.41 bits per heavy atom. The Morgan fingerprint density at radius 2 is 2.09 bits per heavy atom. The lowest BCUT2D eigenvalue weighted by Gasteiger charge is -2.16. The maximum atomic E-state index is 12.0. The average Bonchev–Trinajstić information content (AvgIpc) is 3.30. The van der Waals surface area contributed by atoms with Crippen molar-refractivity contribution in [2.75, 3.05) is 7.11 Å². The molecule has 0 atom stereocenters. The number of carbonyl (C=O) groups is 1. The summed E-state index contributed by atoms with van der Waals surface area (Å²) >= 11 is 0. The molecule has 1 aliphatic carbocycles. The number of rotatable bonds is 6. The van der Waals surface area contributed by atoms with Crippen LogP contribution in [0.15, 0.2) is 23.4 Å². The van der Waals surface area contributed by atoms with Crippen molar-refractivity contribution in [3.63, 3.8) is 0 Å². The minimum Gasteiger partial charge on any atom is -0.507 e. The molecule has 0 aliphatic heterocycles. The lowest BCUT2D eigenvalue weighted by atomic mass is 9.91. The third-order valence-electron chi connectivity index (χ3n) is 4.27. The number of benzene rings is 1. The molecule has 0 unspecified atom stereocenters. The smallest absolute Gasteiger partial charge is 0.316 e. The fourth-order valence-corrected chi connectivity index (χ4v) is 2.66. The molecule has 0 aromatic heterocycles. The zero-order valence-corrected chi connectivity index (χ0v) is 13.3. The number of nitrogens with zero attached hydrogens (tertiary/aromatic N) is 1. The first-order valence-corrected chi connectivity index (χ1v) is 7.58. The summed E-state index contributed by atoms with van der Waals surface area (Å²) in [6, 6.07) is 5.03. The Bertz CT molecular complexity index is 588. The first-order valence-electron chi connectivity index (χ1n) is 7.58. The number of aromatic hydroxyl groups is 1. The molecule has 1 aromatic carbocycles. The van der Waals surface area contributed by atoms with Crippen LogP contribution in [0.3, 0.4) is 0 Å². The van der Waals surface area contributed by atoms with Crippen LogP contribution < -0.4 is 0 Å². The Labute approximate surface area is 130 Å². The average molecular weight is 305 g/mol. The van der Waals surface area contributed by atoms with Gasteiger partial charge in [-0.25, -0.2) is 0 Å². The molecule has 5 heteroatoms. The Balaban J connectivity index is 2.33. The molecule has 0 spiro atoms. The van der Waals surface area contributed by atoms with E-state index in [4.69, 9.17) is 4.74 Å². The molecule has 1 fully saturated rings. The molecule has 5 nitrogen and oxygen atoms in total. The fraction of sp³-hybridized carbons (Fsp3) is 0.529. The first kappa shape index (κ1) is 16.3. The third kappa shape index (κ3) is 3.08. The van der Waals surface area contributed by atoms with Crippen LogP contribution in [0.2, 0.25) is 0 Å². The second-order valence-corrected chi connectivity index (χ2v) is 6.28. The molecule has 2 N–H and O–H groups in total. The Hall–Kier alpha value is -2.04. The van der Waals surface area contributed by atoms with Crippen LogP contribution in [0.25, 0.3) is 0 Å². The number of oxime groups is 1. The number of phenolic OH excluding ortho intramolecular Hbond substituents is 1. The van der Waals surface area contributed by atoms with Crippen molar-refractivity contribution in [3.8, 4) is 5.75 Å². The number of carbonyl (C=O) groups excluding carboxylic acids is 1. The zero-order chi connectivity index (χ0) is 16.3. The number of ether oxygens (including phenoxy) is 1. The van der Waals surface area contributed by atoms with E-state index in [2.05, 4.69) is 19.0 Å². The summed E-state index contributed by atoms with van der Waals surface area (Å²) in [4.78, 5) is 12.0. The molecular weight excluding hydrogens is 282 g/mol. The lowest BCUT2D eigenvalue weighted by Crippen LogP contribution is -2.22. The molecule has 0 amide bonds. The largest absolute Gasteiger partial charge is 0.507 e. The Morgan fingerprint density at radius 3 is 2.59 bits per heavy atom. The summed E-state index contributed by atoms with van der Waals surface area (Å²) in [5, 5.41) is 22.7. The standard InChI is InChI=1S/C17H23NO4/c1-11(2)4-6-14(18-21)13-10-12(5-7-15(13)19)17(8-9-17)16(20)22-3/h5,7,10-11,19,21H,4,6,8-9H2,1-3H3/b18-14+. The van der Waals surface area contributed by atoms with Gasteiger partial charge >= 0.3 is 5.97 Å². The molecule has 0 heterocycles. The van der Waals surface area contributed by atoms with Crippen LogP contribution in [0.5, 0.6) is 5.75 Å². The van der Waals surface area contributed by atoms with Crippen molar-refractivity contribution in [1.29, 1.82) is 0 Å². The van der Waals surface area contributed by atoms with Crippen molar-refractivity contribution in [2.24, 2.45) is 11.1 Å². The van der Waals surface area contributed by atoms with Gasteiger partial charge in [-0.15, -0.1) is 0 Å². The quantitative estimate of drug-likeness (QED) is 0.366. The van der Waals surface area contributed by atoms with Crippen LogP contribution in [0.4, 0.5) is 0 Å². The summed E-state index contributed by atoms with van der Waals surface area (Å²) in [5.41, 5.74) is 1.12. The van der Waals surface area contributed by atoms with E-state index in [0.717, 1.165) is 24.8 Å². The van der Waals surface area contributed by atoms with E-state index >= 15 is 0 Å². The third-order valence-corrected chi connectivity index (χ3v) is 4.27. The van der Waals surface area contributed by atoms with Gasteiger partial charge < -0.3 is 15.1 Å². The SMILES string of the molecule is COC(=O)C1(c2ccc(O)c(/C(CCC(C)C)=N/O)c2)CC1. The van der Waals surface area contributed by atoms with Gasteiger partial charge in [0.2, 0.25) is 0 Å². The highest BCUT2D eigenvalue weighted by Gasteiger charge is 2.52. The lowest BCUT2D eigenvalue weighted by molar-refractivity contribution is -0.143. The van der Waals surface area contributed by atoms with E-state index < -0.39 is 5.41 Å². The second-order valence-electron chi connectivity index (χ2n) is 6.28. The van der Waals surface area contributed by atoms with E-state index in [1.165, 1.54) is 7.11 Å². The highest BCUT2D eigenvalue weighted by molar-refractivity contribution is 6.03. The maximum Gasteiger partial charge on any atom is 0.316 e. The van der Waals surface area contributed by atoms with E-state index in [1.54, 1.807) is 18.2 Å². The van der Waals surface area contributed by atoms with E-state index in [0.29, 0.717) is 23.6 Å². The monoisotopic (exact) mass is 305 g/mol. The number of hydrogen-bond acceptors (Lipinski definition) is 5. The molecule has 1 aromatic rings. The minimum atomic E-state index is -0.601. The number of methoxy groups -OCH3 is 1. The molecular formula is C17H23NO4. The van der Waals surface area contributed by atoms with Gasteiger partial charge in [0.25, 0.3) is 0 Å². The van der Waals surface area contributed by atoms with Gasteiger partial charge in [-0.2, -0.15) is 0 Å². The second kappa shape index (κ2) is 6.38. The summed E-state index contributed by atoms with van der Waals surface area (Å²) in [5.74, 6) is 0.265. The zero-order valence-electron chi connectivity index (χ0n) is 13.3. The Kier molecular flexibility index (Phi) is 4.74. The number of hydrogen-bond donors (Lipinski definition) is 2. The molecule has 1 aliphatic rings. The van der Waals surface area contributed by atoms with E-state index in [9.17, 15) is 15.1 Å². The predicted octanol–water partition coefficient (Wildman–Crippen LogP) is 3.21. The number of esters is 1. The van der Waals surface area contributed by atoms with E-state index in [1.807, 2.05) is 0 Å². The van der Waals surface area contributed by atoms with Crippen molar-refractivity contribution in [1.82, 2.24) is 0 Å². The van der Waals surface area contributed by atoms with Crippen molar-refractivity contribution in [3.05, 3.63) is 29.3 Å². The summed E-state index contributed by atoms with van der Waals surface area (Å²) < 4.78 is 4.89. The summed E-state index contributed by atoms with van der Waals surface area (Å²) in [6.07, 6.45) is 2.89. The van der Waals surface area contributed by atoms with Crippen LogP contribution in [0, 0.1) is 5.92 Å². The molecule has 0 bridgehead atoms. The molecule has 22 heavy (non-hydrogen) atoms. The van der Waals surface area contributed by atoms with Crippen LogP contribution in [0.1, 0.15) is 50.7 Å². The normalized spacial score (nSPS) is 16.6.